The number of nitrogens with zero attached hydrogens (tertiary/aromatic N) is 2. The van der Waals surface area contributed by atoms with Crippen molar-refractivity contribution < 1.29 is 9.13 Å². The third kappa shape index (κ3) is 2.18. The lowest BCUT2D eigenvalue weighted by molar-refractivity contribution is 0.415. The minimum Gasteiger partial charge on any atom is -0.496 e. The quantitative estimate of drug-likeness (QED) is 0.666. The number of benzene rings is 2. The number of fused-ring (bicyclic) bond motifs is 1. The number of halogens is 2. The van der Waals surface area contributed by atoms with Gasteiger partial charge in [-0.15, -0.1) is 0 Å². The Balaban J connectivity index is 2.27. The van der Waals surface area contributed by atoms with Crippen LogP contribution >= 0.6 is 11.6 Å². The fourth-order valence-corrected chi connectivity index (χ4v) is 2.25. The van der Waals surface area contributed by atoms with Gasteiger partial charge in [0.2, 0.25) is 0 Å². The Bertz CT molecular complexity index is 792. The molecule has 3 nitrogen and oxygen atoms in total. The molecule has 100 valence electrons. The van der Waals surface area contributed by atoms with Gasteiger partial charge in [-0.1, -0.05) is 23.7 Å². The zero-order chi connectivity index (χ0) is 14.1. The Morgan fingerprint density at radius 2 is 1.90 bits per heavy atom. The number of hydrogen-bond acceptors (Lipinski definition) is 3. The van der Waals surface area contributed by atoms with Crippen LogP contribution in [0.25, 0.3) is 22.3 Å². The number of methoxy groups -OCH3 is 1. The predicted octanol–water partition coefficient (Wildman–Crippen LogP) is 4.10. The molecule has 2 aromatic carbocycles. The molecule has 0 saturated heterocycles. The zero-order valence-electron chi connectivity index (χ0n) is 10.6. The maximum absolute atomic E-state index is 13.4. The monoisotopic (exact) mass is 288 g/mol. The minimum absolute atomic E-state index is 0.330. The van der Waals surface area contributed by atoms with E-state index in [-0.39, 0.29) is 5.82 Å². The van der Waals surface area contributed by atoms with E-state index < -0.39 is 0 Å². The van der Waals surface area contributed by atoms with Crippen LogP contribution in [0.3, 0.4) is 0 Å². The molecule has 0 N–H and O–H groups in total. The molecule has 0 saturated carbocycles. The number of para-hydroxylation sites is 1. The summed E-state index contributed by atoms with van der Waals surface area (Å²) in [5, 5.41) is 1.09. The van der Waals surface area contributed by atoms with E-state index >= 15 is 0 Å². The van der Waals surface area contributed by atoms with Crippen molar-refractivity contribution >= 4 is 22.5 Å². The van der Waals surface area contributed by atoms with Crippen LogP contribution < -0.4 is 4.74 Å². The molecule has 1 aromatic heterocycles. The van der Waals surface area contributed by atoms with Crippen molar-refractivity contribution in [1.29, 1.82) is 0 Å². The van der Waals surface area contributed by atoms with Gasteiger partial charge in [0.05, 0.1) is 18.2 Å². The van der Waals surface area contributed by atoms with Crippen LogP contribution in [-0.2, 0) is 0 Å². The largest absolute Gasteiger partial charge is 0.496 e. The van der Waals surface area contributed by atoms with Gasteiger partial charge in [-0.05, 0) is 30.3 Å². The highest BCUT2D eigenvalue weighted by atomic mass is 35.5. The molecule has 0 fully saturated rings. The van der Waals surface area contributed by atoms with Gasteiger partial charge in [-0.2, -0.15) is 0 Å². The summed E-state index contributed by atoms with van der Waals surface area (Å²) in [6.07, 6.45) is 0. The molecule has 1 heterocycles. The highest BCUT2D eigenvalue weighted by Gasteiger charge is 2.13. The smallest absolute Gasteiger partial charge is 0.165 e. The lowest BCUT2D eigenvalue weighted by atomic mass is 10.1. The number of hydrogen-bond donors (Lipinski definition) is 0. The number of aromatic nitrogens is 2. The standard InChI is InChI=1S/C15H10ClFN2O/c1-20-13-7-6-9(17)8-11(13)15-18-12-5-3-2-4-10(12)14(16)19-15/h2-8H,1H3. The molecular weight excluding hydrogens is 279 g/mol. The molecule has 0 aliphatic rings. The molecule has 0 spiro atoms. The first-order valence-electron chi connectivity index (χ1n) is 5.95. The van der Waals surface area contributed by atoms with Gasteiger partial charge in [0, 0.05) is 5.39 Å². The third-order valence-corrected chi connectivity index (χ3v) is 3.25. The number of rotatable bonds is 2. The molecule has 0 amide bonds. The van der Waals surface area contributed by atoms with E-state index in [0.29, 0.717) is 27.8 Å². The summed E-state index contributed by atoms with van der Waals surface area (Å²) in [6.45, 7) is 0. The van der Waals surface area contributed by atoms with Gasteiger partial charge >= 0.3 is 0 Å². The summed E-state index contributed by atoms with van der Waals surface area (Å²) >= 11 is 6.16. The Labute approximate surface area is 120 Å². The minimum atomic E-state index is -0.381. The summed E-state index contributed by atoms with van der Waals surface area (Å²) in [6, 6.07) is 11.6. The van der Waals surface area contributed by atoms with Crippen molar-refractivity contribution in [3.63, 3.8) is 0 Å². The SMILES string of the molecule is COc1ccc(F)cc1-c1nc(Cl)c2ccccc2n1. The fraction of sp³-hybridized carbons (Fsp3) is 0.0667. The van der Waals surface area contributed by atoms with Gasteiger partial charge in [0.1, 0.15) is 16.7 Å². The maximum Gasteiger partial charge on any atom is 0.165 e. The van der Waals surface area contributed by atoms with Crippen LogP contribution in [-0.4, -0.2) is 17.1 Å². The molecule has 0 radical (unpaired) electrons. The highest BCUT2D eigenvalue weighted by molar-refractivity contribution is 6.34. The van der Waals surface area contributed by atoms with Gasteiger partial charge < -0.3 is 4.74 Å². The lowest BCUT2D eigenvalue weighted by Crippen LogP contribution is -1.95. The average molecular weight is 289 g/mol. The summed E-state index contributed by atoms with van der Waals surface area (Å²) in [5.74, 6) is 0.455. The van der Waals surface area contributed by atoms with E-state index in [4.69, 9.17) is 16.3 Å². The molecule has 20 heavy (non-hydrogen) atoms. The first kappa shape index (κ1) is 12.8. The van der Waals surface area contributed by atoms with E-state index in [1.54, 1.807) is 0 Å². The van der Waals surface area contributed by atoms with E-state index in [2.05, 4.69) is 9.97 Å². The van der Waals surface area contributed by atoms with Crippen molar-refractivity contribution in [2.24, 2.45) is 0 Å². The second-order valence-electron chi connectivity index (χ2n) is 4.20. The molecular formula is C15H10ClFN2O. The second-order valence-corrected chi connectivity index (χ2v) is 4.56. The maximum atomic E-state index is 13.4. The van der Waals surface area contributed by atoms with Crippen LogP contribution in [0.1, 0.15) is 0 Å². The van der Waals surface area contributed by atoms with Crippen LogP contribution in [0.5, 0.6) is 5.75 Å². The molecule has 0 unspecified atom stereocenters. The number of ether oxygens (including phenoxy) is 1. The first-order chi connectivity index (χ1) is 9.69. The second kappa shape index (κ2) is 5.06. The summed E-state index contributed by atoms with van der Waals surface area (Å²) in [4.78, 5) is 8.64. The van der Waals surface area contributed by atoms with Gasteiger partial charge in [-0.3, -0.25) is 0 Å². The first-order valence-corrected chi connectivity index (χ1v) is 6.33. The topological polar surface area (TPSA) is 35.0 Å². The molecule has 0 aliphatic heterocycles. The van der Waals surface area contributed by atoms with Gasteiger partial charge in [0.25, 0.3) is 0 Å². The van der Waals surface area contributed by atoms with E-state index in [0.717, 1.165) is 5.39 Å². The Hall–Kier alpha value is -2.20. The van der Waals surface area contributed by atoms with Crippen LogP contribution in [0.4, 0.5) is 4.39 Å². The Morgan fingerprint density at radius 1 is 1.10 bits per heavy atom. The molecule has 3 aromatic rings. The summed E-state index contributed by atoms with van der Waals surface area (Å²) in [7, 11) is 1.51. The molecule has 3 rings (SSSR count). The van der Waals surface area contributed by atoms with Gasteiger partial charge in [-0.25, -0.2) is 14.4 Å². The molecule has 0 aliphatic carbocycles. The average Bonchev–Trinajstić information content (AvgIpc) is 2.47. The Kier molecular flexibility index (Phi) is 3.24. The van der Waals surface area contributed by atoms with Crippen LogP contribution in [0, 0.1) is 5.82 Å². The van der Waals surface area contributed by atoms with Crippen molar-refractivity contribution in [3.05, 3.63) is 53.4 Å². The van der Waals surface area contributed by atoms with E-state index in [1.165, 1.54) is 25.3 Å². The summed E-state index contributed by atoms with van der Waals surface area (Å²) in [5.41, 5.74) is 1.17. The lowest BCUT2D eigenvalue weighted by Gasteiger charge is -2.09. The van der Waals surface area contributed by atoms with Crippen LogP contribution in [0.2, 0.25) is 5.15 Å². The van der Waals surface area contributed by atoms with Crippen molar-refractivity contribution in [2.75, 3.05) is 7.11 Å². The zero-order valence-corrected chi connectivity index (χ0v) is 11.4. The normalized spacial score (nSPS) is 10.8. The molecule has 0 atom stereocenters. The van der Waals surface area contributed by atoms with E-state index in [1.807, 2.05) is 24.3 Å². The summed E-state index contributed by atoms with van der Waals surface area (Å²) < 4.78 is 18.7. The Morgan fingerprint density at radius 3 is 2.70 bits per heavy atom. The third-order valence-electron chi connectivity index (χ3n) is 2.96. The van der Waals surface area contributed by atoms with Crippen molar-refractivity contribution in [1.82, 2.24) is 9.97 Å². The van der Waals surface area contributed by atoms with E-state index in [9.17, 15) is 4.39 Å². The van der Waals surface area contributed by atoms with Crippen LogP contribution in [0.15, 0.2) is 42.5 Å². The highest BCUT2D eigenvalue weighted by Crippen LogP contribution is 2.31. The predicted molar refractivity (Wildman–Crippen MR) is 76.5 cm³/mol. The van der Waals surface area contributed by atoms with Crippen molar-refractivity contribution in [3.8, 4) is 17.1 Å². The molecule has 5 heteroatoms. The molecule has 0 bridgehead atoms. The van der Waals surface area contributed by atoms with Gasteiger partial charge in [0.15, 0.2) is 5.82 Å². The fourth-order valence-electron chi connectivity index (χ4n) is 2.01. The van der Waals surface area contributed by atoms with Crippen molar-refractivity contribution in [2.45, 2.75) is 0 Å².